The molecule has 14 heteroatoms. The fourth-order valence-corrected chi connectivity index (χ4v) is 5.67. The van der Waals surface area contributed by atoms with Crippen molar-refractivity contribution in [2.45, 2.75) is 118 Å². The molecule has 3 atom stereocenters. The van der Waals surface area contributed by atoms with Gasteiger partial charge in [0.15, 0.2) is 0 Å². The SMILES string of the molecule is CC.CCCCCC(=O)Nc1cc(C(=O)Nc2ccc(NC(=O)[C@H](C)NC(=O)[C@@H](NC(=O)CCCCCN3C(=O)CC(C)C3=O)C(C)C)cc2)n(C)c1.[HH].[HH].[HH].[HH].[HH]. The quantitative estimate of drug-likeness (QED) is 0.0792. The minimum Gasteiger partial charge on any atom is -0.344 e. The van der Waals surface area contributed by atoms with Crippen LogP contribution in [0.2, 0.25) is 0 Å². The van der Waals surface area contributed by atoms with Gasteiger partial charge in [-0.2, -0.15) is 0 Å². The Balaban J connectivity index is -0.00000205. The number of benzene rings is 1. The number of nitrogens with zero attached hydrogens (tertiary/aromatic N) is 2. The van der Waals surface area contributed by atoms with E-state index in [0.29, 0.717) is 55.0 Å². The van der Waals surface area contributed by atoms with E-state index in [1.807, 2.05) is 13.8 Å². The average Bonchev–Trinajstić information content (AvgIpc) is 3.60. The van der Waals surface area contributed by atoms with Crippen molar-refractivity contribution in [2.24, 2.45) is 18.9 Å². The third-order valence-electron chi connectivity index (χ3n) is 8.71. The highest BCUT2D eigenvalue weighted by atomic mass is 16.2. The fourth-order valence-electron chi connectivity index (χ4n) is 5.67. The zero-order valence-corrected chi connectivity index (χ0v) is 32.6. The van der Waals surface area contributed by atoms with Crippen LogP contribution in [0.1, 0.15) is 124 Å². The predicted octanol–water partition coefficient (Wildman–Crippen LogP) is 6.59. The van der Waals surface area contributed by atoms with Crippen LogP contribution in [-0.2, 0) is 35.8 Å². The summed E-state index contributed by atoms with van der Waals surface area (Å²) in [7, 11) is 1.72. The number of hydrogen-bond donors (Lipinski definition) is 5. The lowest BCUT2D eigenvalue weighted by atomic mass is 10.0. The van der Waals surface area contributed by atoms with Gasteiger partial charge in [0.2, 0.25) is 35.4 Å². The van der Waals surface area contributed by atoms with Gasteiger partial charge in [0.05, 0.1) is 5.69 Å². The monoisotopic (exact) mass is 748 g/mol. The Morgan fingerprint density at radius 2 is 1.40 bits per heavy atom. The van der Waals surface area contributed by atoms with Crippen LogP contribution in [-0.4, -0.2) is 69.4 Å². The van der Waals surface area contributed by atoms with E-state index in [4.69, 9.17) is 0 Å². The van der Waals surface area contributed by atoms with Crippen molar-refractivity contribution in [3.05, 3.63) is 42.2 Å². The Morgan fingerprint density at radius 3 is 1.98 bits per heavy atom. The van der Waals surface area contributed by atoms with Crippen molar-refractivity contribution < 1.29 is 40.7 Å². The molecule has 1 aromatic carbocycles. The summed E-state index contributed by atoms with van der Waals surface area (Å²) in [5, 5.41) is 13.8. The summed E-state index contributed by atoms with van der Waals surface area (Å²) in [5.74, 6) is -2.53. The Morgan fingerprint density at radius 1 is 0.792 bits per heavy atom. The molecule has 7 amide bonds. The second-order valence-corrected chi connectivity index (χ2v) is 13.6. The Labute approximate surface area is 321 Å². The molecule has 2 heterocycles. The zero-order valence-electron chi connectivity index (χ0n) is 32.6. The van der Waals surface area contributed by atoms with Crippen molar-refractivity contribution in [3.8, 4) is 0 Å². The van der Waals surface area contributed by atoms with E-state index >= 15 is 0 Å². The van der Waals surface area contributed by atoms with E-state index < -0.39 is 23.9 Å². The minimum absolute atomic E-state index is 0. The number of carbonyl (C=O) groups is 7. The molecular weight excluding hydrogens is 678 g/mol. The van der Waals surface area contributed by atoms with Crippen molar-refractivity contribution in [2.75, 3.05) is 22.5 Å². The van der Waals surface area contributed by atoms with Gasteiger partial charge in [-0.1, -0.05) is 60.8 Å². The Bertz CT molecular complexity index is 1590. The van der Waals surface area contributed by atoms with Crippen molar-refractivity contribution >= 4 is 58.4 Å². The zero-order chi connectivity index (χ0) is 39.7. The van der Waals surface area contributed by atoms with Crippen molar-refractivity contribution in [3.63, 3.8) is 0 Å². The predicted molar refractivity (Wildman–Crippen MR) is 216 cm³/mol. The summed E-state index contributed by atoms with van der Waals surface area (Å²) in [4.78, 5) is 88.9. The van der Waals surface area contributed by atoms with Crippen molar-refractivity contribution in [1.29, 1.82) is 0 Å². The van der Waals surface area contributed by atoms with Gasteiger partial charge in [0, 0.05) is 63.5 Å². The lowest BCUT2D eigenvalue weighted by Crippen LogP contribution is -2.53. The van der Waals surface area contributed by atoms with Crippen molar-refractivity contribution in [1.82, 2.24) is 20.1 Å². The standard InChI is InChI=1S/C37H53N7O7.C2H6.5H2/c1-7-8-10-13-30(45)39-28-21-29(43(6)22-28)35(49)41-27-17-15-26(16-18-27)40-34(48)25(5)38-36(50)33(23(2)3)42-31(46)14-11-9-12-19-44-32(47)20-24(4)37(44)51;1-2;;;;;/h15-18,21-25,33H,7-14,19-20H2,1-6H3,(H,38,50)(H,39,45)(H,40,48)(H,41,49)(H,42,46);1-2H3;5*1H/t24?,25-,33-;;;;;;/m0....../s1. The van der Waals surface area contributed by atoms with Crippen LogP contribution in [0, 0.1) is 11.8 Å². The first-order valence-corrected chi connectivity index (χ1v) is 18.8. The first kappa shape index (κ1) is 44.2. The van der Waals surface area contributed by atoms with Crippen LogP contribution in [0.15, 0.2) is 36.5 Å². The third-order valence-corrected chi connectivity index (χ3v) is 8.71. The van der Waals surface area contributed by atoms with Gasteiger partial charge in [0.1, 0.15) is 17.8 Å². The third kappa shape index (κ3) is 14.1. The van der Waals surface area contributed by atoms with Gasteiger partial charge in [0.25, 0.3) is 5.91 Å². The second kappa shape index (κ2) is 22.1. The number of nitrogens with one attached hydrogen (secondary N) is 5. The van der Waals surface area contributed by atoms with Crippen LogP contribution < -0.4 is 26.6 Å². The maximum atomic E-state index is 13.1. The number of imide groups is 1. The smallest absolute Gasteiger partial charge is 0.272 e. The molecule has 1 aromatic heterocycles. The molecule has 1 aliphatic heterocycles. The summed E-state index contributed by atoms with van der Waals surface area (Å²) in [6.07, 6.45) is 7.14. The Kier molecular flexibility index (Phi) is 18.4. The average molecular weight is 748 g/mol. The second-order valence-electron chi connectivity index (χ2n) is 13.6. The fraction of sp³-hybridized carbons (Fsp3) is 0.564. The molecule has 0 bridgehead atoms. The molecule has 3 rings (SSSR count). The van der Waals surface area contributed by atoms with E-state index in [1.165, 1.54) is 4.90 Å². The molecule has 14 nitrogen and oxygen atoms in total. The highest BCUT2D eigenvalue weighted by Crippen LogP contribution is 2.20. The molecule has 0 saturated carbocycles. The molecule has 1 aliphatic rings. The van der Waals surface area contributed by atoms with Gasteiger partial charge in [-0.3, -0.25) is 38.5 Å². The van der Waals surface area contributed by atoms with Gasteiger partial charge in [-0.15, -0.1) is 0 Å². The number of hydrogen-bond acceptors (Lipinski definition) is 7. The summed E-state index contributed by atoms with van der Waals surface area (Å²) >= 11 is 0. The molecule has 0 radical (unpaired) electrons. The molecule has 0 spiro atoms. The molecule has 0 aliphatic carbocycles. The van der Waals surface area contributed by atoms with E-state index in [2.05, 4.69) is 33.5 Å². The van der Waals surface area contributed by atoms with Crippen LogP contribution in [0.25, 0.3) is 0 Å². The van der Waals surface area contributed by atoms with Crippen LogP contribution in [0.4, 0.5) is 17.1 Å². The van der Waals surface area contributed by atoms with Crippen LogP contribution in [0.5, 0.6) is 0 Å². The molecule has 5 N–H and O–H groups in total. The minimum atomic E-state index is -0.910. The summed E-state index contributed by atoms with van der Waals surface area (Å²) in [6.45, 7) is 13.3. The maximum Gasteiger partial charge on any atom is 0.272 e. The van der Waals surface area contributed by atoms with Gasteiger partial charge < -0.3 is 31.2 Å². The maximum absolute atomic E-state index is 13.1. The van der Waals surface area contributed by atoms with Gasteiger partial charge >= 0.3 is 0 Å². The van der Waals surface area contributed by atoms with E-state index in [0.717, 1.165) is 19.3 Å². The molecule has 1 saturated heterocycles. The summed E-state index contributed by atoms with van der Waals surface area (Å²) in [5.41, 5.74) is 1.84. The number of aryl methyl sites for hydroxylation is 1. The van der Waals surface area contributed by atoms with Gasteiger partial charge in [-0.25, -0.2) is 0 Å². The number of unbranched alkanes of at least 4 members (excludes halogenated alkanes) is 4. The van der Waals surface area contributed by atoms with Crippen LogP contribution >= 0.6 is 0 Å². The molecule has 302 valence electrons. The Hall–Kier alpha value is -5.01. The lowest BCUT2D eigenvalue weighted by molar-refractivity contribution is -0.139. The van der Waals surface area contributed by atoms with Gasteiger partial charge in [-0.05, 0) is 62.4 Å². The molecule has 2 aromatic rings. The number of rotatable bonds is 19. The molecule has 1 fully saturated rings. The van der Waals surface area contributed by atoms with E-state index in [1.54, 1.807) is 75.8 Å². The number of carbonyl (C=O) groups excluding carboxylic acids is 7. The number of aromatic nitrogens is 1. The van der Waals surface area contributed by atoms with Crippen LogP contribution in [0.3, 0.4) is 0 Å². The lowest BCUT2D eigenvalue weighted by Gasteiger charge is -2.24. The topological polar surface area (TPSA) is 188 Å². The normalized spacial score (nSPS) is 14.9. The van der Waals surface area contributed by atoms with E-state index in [-0.39, 0.29) is 61.3 Å². The number of likely N-dealkylation sites (tertiary alicyclic amines) is 1. The molecule has 53 heavy (non-hydrogen) atoms. The summed E-state index contributed by atoms with van der Waals surface area (Å²) in [6, 6.07) is 6.35. The summed E-state index contributed by atoms with van der Waals surface area (Å²) < 4.78 is 1.63. The molecule has 1 unspecified atom stereocenters. The van der Waals surface area contributed by atoms with E-state index in [9.17, 15) is 33.6 Å². The molecular formula is C39H69N7O7. The number of amides is 7. The highest BCUT2D eigenvalue weighted by molar-refractivity contribution is 6.05. The largest absolute Gasteiger partial charge is 0.344 e. The first-order chi connectivity index (χ1) is 25.2. The number of anilines is 3. The first-order valence-electron chi connectivity index (χ1n) is 18.8. The highest BCUT2D eigenvalue weighted by Gasteiger charge is 2.34.